The molecule has 84 valence electrons. The predicted octanol–water partition coefficient (Wildman–Crippen LogP) is 0.830. The summed E-state index contributed by atoms with van der Waals surface area (Å²) < 4.78 is 0. The Kier molecular flexibility index (Phi) is 3.93. The van der Waals surface area contributed by atoms with Crippen molar-refractivity contribution in [3.05, 3.63) is 0 Å². The first kappa shape index (κ1) is 12.0. The zero-order valence-electron chi connectivity index (χ0n) is 9.88. The number of rotatable bonds is 1. The third kappa shape index (κ3) is 2.94. The first-order chi connectivity index (χ1) is 6.45. The molecule has 0 saturated carbocycles. The van der Waals surface area contributed by atoms with Crippen molar-refractivity contribution in [2.24, 2.45) is 0 Å². The van der Waals surface area contributed by atoms with E-state index in [2.05, 4.69) is 37.9 Å². The highest BCUT2D eigenvalue weighted by Gasteiger charge is 2.30. The lowest BCUT2D eigenvalue weighted by molar-refractivity contribution is 0.0545. The molecule has 1 rings (SSSR count). The van der Waals surface area contributed by atoms with Crippen LogP contribution >= 0.6 is 0 Å². The van der Waals surface area contributed by atoms with E-state index in [0.29, 0.717) is 6.04 Å². The van der Waals surface area contributed by atoms with Gasteiger partial charge in [0.2, 0.25) is 0 Å². The Bertz CT molecular complexity index is 177. The van der Waals surface area contributed by atoms with E-state index in [0.717, 1.165) is 19.5 Å². The van der Waals surface area contributed by atoms with Crippen molar-refractivity contribution in [2.45, 2.75) is 51.7 Å². The van der Waals surface area contributed by atoms with Gasteiger partial charge in [-0.2, -0.15) is 0 Å². The molecule has 2 N–H and O–H groups in total. The summed E-state index contributed by atoms with van der Waals surface area (Å²) in [6, 6.07) is 0.830. The van der Waals surface area contributed by atoms with Gasteiger partial charge in [0.25, 0.3) is 0 Å². The maximum absolute atomic E-state index is 9.35. The Morgan fingerprint density at radius 2 is 2.07 bits per heavy atom. The average Bonchev–Trinajstić information content (AvgIpc) is 2.25. The van der Waals surface area contributed by atoms with E-state index in [1.165, 1.54) is 0 Å². The van der Waals surface area contributed by atoms with Gasteiger partial charge in [0.1, 0.15) is 0 Å². The van der Waals surface area contributed by atoms with Gasteiger partial charge >= 0.3 is 0 Å². The van der Waals surface area contributed by atoms with E-state index in [9.17, 15) is 5.11 Å². The molecule has 3 nitrogen and oxygen atoms in total. The fourth-order valence-corrected chi connectivity index (χ4v) is 2.11. The molecule has 2 unspecified atom stereocenters. The minimum atomic E-state index is 0.152. The van der Waals surface area contributed by atoms with E-state index >= 15 is 0 Å². The molecule has 1 saturated heterocycles. The molecule has 0 aliphatic carbocycles. The standard InChI is InChI=1S/C11H24N2O/c1-9-5-6-13(11(2,3)4)10(8-14)7-12-9/h9-10,12,14H,5-8H2,1-4H3. The number of hydrogen-bond acceptors (Lipinski definition) is 3. The molecule has 0 spiro atoms. The molecular weight excluding hydrogens is 176 g/mol. The summed E-state index contributed by atoms with van der Waals surface area (Å²) >= 11 is 0. The van der Waals surface area contributed by atoms with Crippen LogP contribution in [0.15, 0.2) is 0 Å². The molecule has 3 heteroatoms. The van der Waals surface area contributed by atoms with Crippen molar-refractivity contribution in [1.29, 1.82) is 0 Å². The van der Waals surface area contributed by atoms with Gasteiger partial charge in [0, 0.05) is 30.7 Å². The molecule has 1 aliphatic rings. The fourth-order valence-electron chi connectivity index (χ4n) is 2.11. The molecule has 1 aliphatic heterocycles. The monoisotopic (exact) mass is 200 g/mol. The highest BCUT2D eigenvalue weighted by atomic mass is 16.3. The molecule has 0 aromatic carbocycles. The minimum absolute atomic E-state index is 0.152. The summed E-state index contributed by atoms with van der Waals surface area (Å²) in [5.74, 6) is 0. The van der Waals surface area contributed by atoms with Gasteiger partial charge in [0.05, 0.1) is 6.61 Å². The lowest BCUT2D eigenvalue weighted by Gasteiger charge is -2.39. The summed E-state index contributed by atoms with van der Waals surface area (Å²) in [5.41, 5.74) is 0.152. The number of nitrogens with one attached hydrogen (secondary N) is 1. The number of hydrogen-bond donors (Lipinski definition) is 2. The fraction of sp³-hybridized carbons (Fsp3) is 1.00. The Balaban J connectivity index is 2.69. The maximum atomic E-state index is 9.35. The van der Waals surface area contributed by atoms with Crippen LogP contribution in [-0.4, -0.2) is 47.3 Å². The van der Waals surface area contributed by atoms with Gasteiger partial charge in [-0.3, -0.25) is 4.90 Å². The quantitative estimate of drug-likeness (QED) is 0.658. The van der Waals surface area contributed by atoms with E-state index in [-0.39, 0.29) is 18.2 Å². The lowest BCUT2D eigenvalue weighted by atomic mass is 10.0. The van der Waals surface area contributed by atoms with Crippen molar-refractivity contribution in [3.63, 3.8) is 0 Å². The van der Waals surface area contributed by atoms with Crippen LogP contribution in [0.3, 0.4) is 0 Å². The third-order valence-corrected chi connectivity index (χ3v) is 3.02. The lowest BCUT2D eigenvalue weighted by Crippen LogP contribution is -2.51. The van der Waals surface area contributed by atoms with E-state index in [1.807, 2.05) is 0 Å². The highest BCUT2D eigenvalue weighted by molar-refractivity contribution is 4.87. The molecule has 0 aromatic rings. The van der Waals surface area contributed by atoms with Crippen molar-refractivity contribution in [3.8, 4) is 0 Å². The Morgan fingerprint density at radius 3 is 2.57 bits per heavy atom. The molecule has 1 heterocycles. The summed E-state index contributed by atoms with van der Waals surface area (Å²) in [5, 5.41) is 12.8. The van der Waals surface area contributed by atoms with Crippen molar-refractivity contribution in [2.75, 3.05) is 19.7 Å². The molecule has 1 fully saturated rings. The van der Waals surface area contributed by atoms with Gasteiger partial charge < -0.3 is 10.4 Å². The Hall–Kier alpha value is -0.120. The molecule has 14 heavy (non-hydrogen) atoms. The Morgan fingerprint density at radius 1 is 1.43 bits per heavy atom. The average molecular weight is 200 g/mol. The van der Waals surface area contributed by atoms with Crippen LogP contribution < -0.4 is 5.32 Å². The van der Waals surface area contributed by atoms with Crippen LogP contribution in [0.4, 0.5) is 0 Å². The zero-order chi connectivity index (χ0) is 10.8. The Labute approximate surface area is 87.5 Å². The summed E-state index contributed by atoms with van der Waals surface area (Å²) in [4.78, 5) is 2.41. The van der Waals surface area contributed by atoms with Crippen LogP contribution in [-0.2, 0) is 0 Å². The maximum Gasteiger partial charge on any atom is 0.0599 e. The van der Waals surface area contributed by atoms with Gasteiger partial charge in [-0.1, -0.05) is 0 Å². The van der Waals surface area contributed by atoms with E-state index in [4.69, 9.17) is 0 Å². The smallest absolute Gasteiger partial charge is 0.0599 e. The predicted molar refractivity (Wildman–Crippen MR) is 59.4 cm³/mol. The van der Waals surface area contributed by atoms with Gasteiger partial charge in [0.15, 0.2) is 0 Å². The SMILES string of the molecule is CC1CCN(C(C)(C)C)C(CO)CN1. The van der Waals surface area contributed by atoms with Crippen LogP contribution in [0.25, 0.3) is 0 Å². The highest BCUT2D eigenvalue weighted by Crippen LogP contribution is 2.19. The summed E-state index contributed by atoms with van der Waals surface area (Å²) in [7, 11) is 0. The van der Waals surface area contributed by atoms with E-state index in [1.54, 1.807) is 0 Å². The van der Waals surface area contributed by atoms with Gasteiger partial charge in [-0.25, -0.2) is 0 Å². The molecule has 0 aromatic heterocycles. The zero-order valence-corrected chi connectivity index (χ0v) is 9.88. The first-order valence-electron chi connectivity index (χ1n) is 5.56. The molecule has 2 atom stereocenters. The number of aliphatic hydroxyl groups is 1. The van der Waals surface area contributed by atoms with Crippen LogP contribution in [0.5, 0.6) is 0 Å². The normalized spacial score (nSPS) is 31.5. The molecule has 0 bridgehead atoms. The van der Waals surface area contributed by atoms with Crippen molar-refractivity contribution < 1.29 is 5.11 Å². The largest absolute Gasteiger partial charge is 0.395 e. The molecule has 0 radical (unpaired) electrons. The van der Waals surface area contributed by atoms with Crippen molar-refractivity contribution in [1.82, 2.24) is 10.2 Å². The van der Waals surface area contributed by atoms with Gasteiger partial charge in [-0.15, -0.1) is 0 Å². The topological polar surface area (TPSA) is 35.5 Å². The molecular formula is C11H24N2O. The van der Waals surface area contributed by atoms with Crippen molar-refractivity contribution >= 4 is 0 Å². The van der Waals surface area contributed by atoms with E-state index < -0.39 is 0 Å². The van der Waals surface area contributed by atoms with Gasteiger partial charge in [-0.05, 0) is 34.1 Å². The molecule has 0 amide bonds. The number of nitrogens with zero attached hydrogens (tertiary/aromatic N) is 1. The van der Waals surface area contributed by atoms with Crippen LogP contribution in [0, 0.1) is 0 Å². The second-order valence-electron chi connectivity index (χ2n) is 5.30. The minimum Gasteiger partial charge on any atom is -0.395 e. The summed E-state index contributed by atoms with van der Waals surface area (Å²) in [6.07, 6.45) is 1.16. The first-order valence-corrected chi connectivity index (χ1v) is 5.56. The summed E-state index contributed by atoms with van der Waals surface area (Å²) in [6.45, 7) is 11.1. The number of aliphatic hydroxyl groups excluding tert-OH is 1. The van der Waals surface area contributed by atoms with Crippen LogP contribution in [0.2, 0.25) is 0 Å². The second-order valence-corrected chi connectivity index (χ2v) is 5.30. The second kappa shape index (κ2) is 4.60. The third-order valence-electron chi connectivity index (χ3n) is 3.02. The van der Waals surface area contributed by atoms with Crippen LogP contribution in [0.1, 0.15) is 34.1 Å².